The quantitative estimate of drug-likeness (QED) is 0.464. The Morgan fingerprint density at radius 2 is 2.00 bits per heavy atom. The number of hydrogen-bond donors (Lipinski definition) is 1. The zero-order chi connectivity index (χ0) is 13.0. The molecule has 2 aliphatic rings. The second kappa shape index (κ2) is 8.29. The van der Waals surface area contributed by atoms with Crippen LogP contribution in [0.15, 0.2) is 4.99 Å². The summed E-state index contributed by atoms with van der Waals surface area (Å²) in [6.45, 7) is 9.95. The first kappa shape index (κ1) is 17.0. The van der Waals surface area contributed by atoms with E-state index in [9.17, 15) is 0 Å². The van der Waals surface area contributed by atoms with Crippen molar-refractivity contribution in [2.45, 2.75) is 45.6 Å². The van der Waals surface area contributed by atoms with E-state index in [4.69, 9.17) is 5.73 Å². The van der Waals surface area contributed by atoms with Crippen LogP contribution >= 0.6 is 24.0 Å². The van der Waals surface area contributed by atoms with Crippen LogP contribution in [0.3, 0.4) is 0 Å². The van der Waals surface area contributed by atoms with Crippen LogP contribution in [0.25, 0.3) is 0 Å². The van der Waals surface area contributed by atoms with Gasteiger partial charge in [-0.05, 0) is 44.7 Å². The van der Waals surface area contributed by atoms with E-state index >= 15 is 0 Å². The average molecular weight is 380 g/mol. The van der Waals surface area contributed by atoms with Gasteiger partial charge in [0.2, 0.25) is 0 Å². The first-order valence-corrected chi connectivity index (χ1v) is 7.49. The Labute approximate surface area is 134 Å². The van der Waals surface area contributed by atoms with Crippen molar-refractivity contribution in [1.82, 2.24) is 9.80 Å². The van der Waals surface area contributed by atoms with Crippen molar-refractivity contribution in [2.75, 3.05) is 32.7 Å². The van der Waals surface area contributed by atoms with Gasteiger partial charge in [-0.25, -0.2) is 0 Å². The Hall–Kier alpha value is -0.0400. The molecule has 0 bridgehead atoms. The number of rotatable bonds is 3. The van der Waals surface area contributed by atoms with Crippen LogP contribution in [0.4, 0.5) is 0 Å². The topological polar surface area (TPSA) is 44.9 Å². The van der Waals surface area contributed by atoms with E-state index in [0.29, 0.717) is 6.04 Å². The molecule has 0 aromatic rings. The Balaban J connectivity index is 0.00000180. The molecule has 0 spiro atoms. The number of halogens is 1. The van der Waals surface area contributed by atoms with Crippen molar-refractivity contribution in [3.05, 3.63) is 0 Å². The lowest BCUT2D eigenvalue weighted by Gasteiger charge is -2.32. The number of nitrogens with two attached hydrogens (primary N) is 1. The minimum absolute atomic E-state index is 0. The van der Waals surface area contributed by atoms with Gasteiger partial charge in [0.25, 0.3) is 0 Å². The molecule has 2 atom stereocenters. The normalized spacial score (nSPS) is 29.4. The summed E-state index contributed by atoms with van der Waals surface area (Å²) in [4.78, 5) is 9.43. The highest BCUT2D eigenvalue weighted by Crippen LogP contribution is 2.18. The van der Waals surface area contributed by atoms with Crippen LogP contribution < -0.4 is 5.73 Å². The number of piperidine rings is 1. The molecule has 0 radical (unpaired) electrons. The molecule has 0 aromatic heterocycles. The van der Waals surface area contributed by atoms with Gasteiger partial charge >= 0.3 is 0 Å². The van der Waals surface area contributed by atoms with Crippen molar-refractivity contribution in [3.8, 4) is 0 Å². The Bertz CT molecular complexity index is 295. The molecular formula is C14H29IN4. The predicted octanol–water partition coefficient (Wildman–Crippen LogP) is 2.14. The van der Waals surface area contributed by atoms with E-state index in [-0.39, 0.29) is 24.0 Å². The minimum atomic E-state index is 0. The second-order valence-corrected chi connectivity index (χ2v) is 5.82. The van der Waals surface area contributed by atoms with Crippen molar-refractivity contribution in [2.24, 2.45) is 16.6 Å². The van der Waals surface area contributed by atoms with Gasteiger partial charge in [0, 0.05) is 19.1 Å². The fourth-order valence-corrected chi connectivity index (χ4v) is 3.21. The lowest BCUT2D eigenvalue weighted by atomic mass is 10.0. The fourth-order valence-electron chi connectivity index (χ4n) is 3.21. The largest absolute Gasteiger partial charge is 0.370 e. The number of likely N-dealkylation sites (N-methyl/N-ethyl adjacent to an activating group) is 1. The van der Waals surface area contributed by atoms with E-state index in [0.717, 1.165) is 38.1 Å². The molecule has 19 heavy (non-hydrogen) atoms. The van der Waals surface area contributed by atoms with Gasteiger partial charge in [-0.15, -0.1) is 24.0 Å². The summed E-state index contributed by atoms with van der Waals surface area (Å²) in [7, 11) is 0. The third-order valence-electron chi connectivity index (χ3n) is 4.35. The molecule has 2 saturated heterocycles. The minimum Gasteiger partial charge on any atom is -0.370 e. The van der Waals surface area contributed by atoms with Crippen LogP contribution in [-0.4, -0.2) is 54.5 Å². The zero-order valence-electron chi connectivity index (χ0n) is 12.3. The molecule has 5 heteroatoms. The molecule has 112 valence electrons. The van der Waals surface area contributed by atoms with E-state index < -0.39 is 0 Å². The highest BCUT2D eigenvalue weighted by Gasteiger charge is 2.23. The standard InChI is InChI=1S/C14H28N4.HI/c1-3-17-8-5-7-13(17)10-16-14(15)18-9-4-6-12(2)11-18;/h12-13H,3-11H2,1-2H3,(H2,15,16);1H. The predicted molar refractivity (Wildman–Crippen MR) is 92.1 cm³/mol. The lowest BCUT2D eigenvalue weighted by Crippen LogP contribution is -2.44. The van der Waals surface area contributed by atoms with Gasteiger partial charge in [-0.3, -0.25) is 9.89 Å². The Kier molecular flexibility index (Phi) is 7.42. The summed E-state index contributed by atoms with van der Waals surface area (Å²) in [6.07, 6.45) is 5.17. The maximum absolute atomic E-state index is 6.13. The monoisotopic (exact) mass is 380 g/mol. The summed E-state index contributed by atoms with van der Waals surface area (Å²) in [6, 6.07) is 0.621. The Morgan fingerprint density at radius 3 is 2.68 bits per heavy atom. The molecule has 2 rings (SSSR count). The van der Waals surface area contributed by atoms with Crippen LogP contribution in [-0.2, 0) is 0 Å². The summed E-state index contributed by atoms with van der Waals surface area (Å²) >= 11 is 0. The van der Waals surface area contributed by atoms with Crippen LogP contribution in [0.5, 0.6) is 0 Å². The SMILES string of the molecule is CCN1CCCC1CN=C(N)N1CCCC(C)C1.I. The van der Waals surface area contributed by atoms with Crippen LogP contribution in [0.2, 0.25) is 0 Å². The molecule has 0 saturated carbocycles. The van der Waals surface area contributed by atoms with E-state index in [1.54, 1.807) is 0 Å². The lowest BCUT2D eigenvalue weighted by molar-refractivity contribution is 0.262. The summed E-state index contributed by atoms with van der Waals surface area (Å²) in [5, 5.41) is 0. The Morgan fingerprint density at radius 1 is 1.26 bits per heavy atom. The third-order valence-corrected chi connectivity index (χ3v) is 4.35. The highest BCUT2D eigenvalue weighted by atomic mass is 127. The first-order chi connectivity index (χ1) is 8.70. The van der Waals surface area contributed by atoms with Crippen LogP contribution in [0, 0.1) is 5.92 Å². The van der Waals surface area contributed by atoms with Crippen molar-refractivity contribution >= 4 is 29.9 Å². The average Bonchev–Trinajstić information content (AvgIpc) is 2.83. The molecule has 2 N–H and O–H groups in total. The molecule has 0 amide bonds. The van der Waals surface area contributed by atoms with Crippen LogP contribution in [0.1, 0.15) is 39.5 Å². The summed E-state index contributed by atoms with van der Waals surface area (Å²) in [5.74, 6) is 1.52. The molecule has 2 heterocycles. The van der Waals surface area contributed by atoms with E-state index in [2.05, 4.69) is 28.6 Å². The third kappa shape index (κ3) is 4.77. The van der Waals surface area contributed by atoms with Gasteiger partial charge < -0.3 is 10.6 Å². The zero-order valence-corrected chi connectivity index (χ0v) is 14.7. The number of hydrogen-bond acceptors (Lipinski definition) is 2. The number of guanidine groups is 1. The highest BCUT2D eigenvalue weighted by molar-refractivity contribution is 14.0. The number of aliphatic imine (C=N–C) groups is 1. The fraction of sp³-hybridized carbons (Fsp3) is 0.929. The van der Waals surface area contributed by atoms with Gasteiger partial charge in [-0.1, -0.05) is 13.8 Å². The summed E-state index contributed by atoms with van der Waals surface area (Å²) < 4.78 is 0. The summed E-state index contributed by atoms with van der Waals surface area (Å²) in [5.41, 5.74) is 6.13. The van der Waals surface area contributed by atoms with E-state index in [1.165, 1.54) is 32.2 Å². The van der Waals surface area contributed by atoms with E-state index in [1.807, 2.05) is 0 Å². The molecule has 4 nitrogen and oxygen atoms in total. The maximum atomic E-state index is 6.13. The molecule has 2 aliphatic heterocycles. The first-order valence-electron chi connectivity index (χ1n) is 7.49. The molecular weight excluding hydrogens is 351 g/mol. The molecule has 2 fully saturated rings. The number of nitrogens with zero attached hydrogens (tertiary/aromatic N) is 3. The molecule has 0 aromatic carbocycles. The maximum Gasteiger partial charge on any atom is 0.191 e. The smallest absolute Gasteiger partial charge is 0.191 e. The van der Waals surface area contributed by atoms with Crippen molar-refractivity contribution in [1.29, 1.82) is 0 Å². The number of likely N-dealkylation sites (tertiary alicyclic amines) is 2. The second-order valence-electron chi connectivity index (χ2n) is 5.82. The molecule has 2 unspecified atom stereocenters. The van der Waals surface area contributed by atoms with Gasteiger partial charge in [0.1, 0.15) is 0 Å². The van der Waals surface area contributed by atoms with Gasteiger partial charge in [-0.2, -0.15) is 0 Å². The molecule has 0 aliphatic carbocycles. The van der Waals surface area contributed by atoms with Gasteiger partial charge in [0.15, 0.2) is 5.96 Å². The van der Waals surface area contributed by atoms with Crippen molar-refractivity contribution in [3.63, 3.8) is 0 Å². The van der Waals surface area contributed by atoms with Gasteiger partial charge in [0.05, 0.1) is 6.54 Å². The van der Waals surface area contributed by atoms with Crippen molar-refractivity contribution < 1.29 is 0 Å².